The minimum Gasteiger partial charge on any atom is -0.493 e. The summed E-state index contributed by atoms with van der Waals surface area (Å²) in [5.41, 5.74) is 1.51. The molecule has 0 unspecified atom stereocenters. The number of nitrogens with zero attached hydrogens (tertiary/aromatic N) is 2. The summed E-state index contributed by atoms with van der Waals surface area (Å²) >= 11 is 9.31. The zero-order chi connectivity index (χ0) is 22.4. The number of hydrogen-bond acceptors (Lipinski definition) is 6. The summed E-state index contributed by atoms with van der Waals surface area (Å²) in [7, 11) is 1.54. The predicted molar refractivity (Wildman–Crippen MR) is 129 cm³/mol. The summed E-state index contributed by atoms with van der Waals surface area (Å²) in [6, 6.07) is 11.0. The van der Waals surface area contributed by atoms with Crippen molar-refractivity contribution in [1.29, 1.82) is 0 Å². The van der Waals surface area contributed by atoms with Crippen LogP contribution in [0.2, 0.25) is 5.02 Å². The van der Waals surface area contributed by atoms with Gasteiger partial charge in [0.25, 0.3) is 0 Å². The Morgan fingerprint density at radius 2 is 2.13 bits per heavy atom. The van der Waals surface area contributed by atoms with Crippen LogP contribution in [0.25, 0.3) is 6.08 Å². The van der Waals surface area contributed by atoms with Crippen molar-refractivity contribution in [1.82, 2.24) is 15.2 Å². The number of aromatic nitrogens is 3. The van der Waals surface area contributed by atoms with Gasteiger partial charge in [0.15, 0.2) is 11.5 Å². The Balaban J connectivity index is 1.86. The van der Waals surface area contributed by atoms with Crippen molar-refractivity contribution in [3.8, 4) is 11.5 Å². The van der Waals surface area contributed by atoms with Crippen LogP contribution in [-0.2, 0) is 17.8 Å². The summed E-state index contributed by atoms with van der Waals surface area (Å²) in [5, 5.41) is 17.4. The molecule has 0 fully saturated rings. The lowest BCUT2D eigenvalue weighted by Gasteiger charge is -2.14. The summed E-state index contributed by atoms with van der Waals surface area (Å²) < 4.78 is 12.2. The molecule has 3 rings (SSSR count). The van der Waals surface area contributed by atoms with E-state index < -0.39 is 5.97 Å². The van der Waals surface area contributed by atoms with E-state index in [1.54, 1.807) is 18.2 Å². The van der Waals surface area contributed by atoms with Crippen molar-refractivity contribution in [2.24, 2.45) is 0 Å². The second-order valence-electron chi connectivity index (χ2n) is 6.25. The third kappa shape index (κ3) is 6.14. The van der Waals surface area contributed by atoms with Crippen LogP contribution in [0.3, 0.4) is 0 Å². The van der Waals surface area contributed by atoms with Crippen LogP contribution in [0, 0.1) is 3.57 Å². The molecule has 10 heteroatoms. The minimum absolute atomic E-state index is 0.0873. The Morgan fingerprint density at radius 3 is 2.77 bits per heavy atom. The standard InChI is InChI=1S/C21H19ClIN3O4S/c1-3-18-24-21(26-25-18)31-17(20(27)28)10-12-8-15(23)19(16(9-12)29-2)30-11-13-6-4-5-7-14(13)22/h4-10H,3,11H2,1-2H3,(H,27,28)(H,24,25,26)/b17-10-. The first-order chi connectivity index (χ1) is 14.9. The number of nitrogens with one attached hydrogen (secondary N) is 1. The van der Waals surface area contributed by atoms with Crippen LogP contribution in [-0.4, -0.2) is 33.4 Å². The van der Waals surface area contributed by atoms with E-state index in [4.69, 9.17) is 21.1 Å². The number of aryl methyl sites for hydroxylation is 1. The Hall–Kier alpha value is -2.24. The van der Waals surface area contributed by atoms with Crippen molar-refractivity contribution >= 4 is 58.0 Å². The number of benzene rings is 2. The SMILES string of the molecule is CCc1nc(S/C(=C\c2cc(I)c(OCc3ccccc3Cl)c(OC)c2)C(=O)O)n[nH]1. The molecule has 0 spiro atoms. The van der Waals surface area contributed by atoms with Gasteiger partial charge in [-0.3, -0.25) is 5.10 Å². The molecule has 2 aromatic carbocycles. The number of carboxylic acid groups (broad SMARTS) is 1. The van der Waals surface area contributed by atoms with Gasteiger partial charge in [0, 0.05) is 17.0 Å². The van der Waals surface area contributed by atoms with Gasteiger partial charge in [-0.15, -0.1) is 5.10 Å². The fourth-order valence-electron chi connectivity index (χ4n) is 2.59. The number of thioether (sulfide) groups is 1. The minimum atomic E-state index is -1.07. The largest absolute Gasteiger partial charge is 0.493 e. The third-order valence-corrected chi connectivity index (χ3v) is 6.19. The van der Waals surface area contributed by atoms with E-state index >= 15 is 0 Å². The zero-order valence-electron chi connectivity index (χ0n) is 16.7. The summed E-state index contributed by atoms with van der Waals surface area (Å²) in [4.78, 5) is 16.1. The number of H-pyrrole nitrogens is 1. The molecule has 1 heterocycles. The normalized spacial score (nSPS) is 11.4. The number of carbonyl (C=O) groups is 1. The van der Waals surface area contributed by atoms with Gasteiger partial charge < -0.3 is 14.6 Å². The molecule has 31 heavy (non-hydrogen) atoms. The summed E-state index contributed by atoms with van der Waals surface area (Å²) in [6.07, 6.45) is 2.24. The number of methoxy groups -OCH3 is 1. The monoisotopic (exact) mass is 571 g/mol. The molecule has 0 amide bonds. The van der Waals surface area contributed by atoms with Gasteiger partial charge in [0.2, 0.25) is 5.16 Å². The Kier molecular flexibility index (Phi) is 8.22. The predicted octanol–water partition coefficient (Wildman–Crippen LogP) is 5.43. The first kappa shape index (κ1) is 23.4. The highest BCUT2D eigenvalue weighted by atomic mass is 127. The molecule has 162 valence electrons. The van der Waals surface area contributed by atoms with E-state index in [9.17, 15) is 9.90 Å². The number of rotatable bonds is 9. The smallest absolute Gasteiger partial charge is 0.342 e. The number of hydrogen-bond donors (Lipinski definition) is 2. The van der Waals surface area contributed by atoms with Gasteiger partial charge in [-0.2, -0.15) is 0 Å². The Bertz CT molecular complexity index is 1120. The number of ether oxygens (including phenoxy) is 2. The van der Waals surface area contributed by atoms with Gasteiger partial charge in [0.1, 0.15) is 17.3 Å². The van der Waals surface area contributed by atoms with Crippen LogP contribution >= 0.6 is 46.0 Å². The first-order valence-electron chi connectivity index (χ1n) is 9.19. The summed E-state index contributed by atoms with van der Waals surface area (Å²) in [6.45, 7) is 2.22. The highest BCUT2D eigenvalue weighted by Crippen LogP contribution is 2.36. The van der Waals surface area contributed by atoms with Gasteiger partial charge >= 0.3 is 5.97 Å². The van der Waals surface area contributed by atoms with Crippen molar-refractivity contribution in [3.63, 3.8) is 0 Å². The molecule has 0 aliphatic carbocycles. The van der Waals surface area contributed by atoms with E-state index in [1.165, 1.54) is 7.11 Å². The van der Waals surface area contributed by atoms with Gasteiger partial charge in [-0.1, -0.05) is 36.7 Å². The lowest BCUT2D eigenvalue weighted by Crippen LogP contribution is -2.01. The average molecular weight is 572 g/mol. The topological polar surface area (TPSA) is 97.3 Å². The second kappa shape index (κ2) is 10.9. The van der Waals surface area contributed by atoms with Gasteiger partial charge in [-0.25, -0.2) is 9.78 Å². The van der Waals surface area contributed by atoms with Gasteiger partial charge in [0.05, 0.1) is 10.7 Å². The van der Waals surface area contributed by atoms with Crippen LogP contribution in [0.1, 0.15) is 23.9 Å². The molecule has 0 aliphatic rings. The quantitative estimate of drug-likeness (QED) is 0.201. The fraction of sp³-hybridized carbons (Fsp3) is 0.190. The zero-order valence-corrected chi connectivity index (χ0v) is 20.4. The second-order valence-corrected chi connectivity index (χ2v) is 8.83. The fourth-order valence-corrected chi connectivity index (χ4v) is 4.29. The highest BCUT2D eigenvalue weighted by molar-refractivity contribution is 14.1. The molecule has 2 N–H and O–H groups in total. The van der Waals surface area contributed by atoms with Crippen molar-refractivity contribution in [3.05, 3.63) is 66.8 Å². The Morgan fingerprint density at radius 1 is 1.35 bits per heavy atom. The molecule has 0 aliphatic heterocycles. The van der Waals surface area contributed by atoms with Crippen LogP contribution in [0.15, 0.2) is 46.5 Å². The maximum Gasteiger partial charge on any atom is 0.342 e. The first-order valence-corrected chi connectivity index (χ1v) is 11.5. The van der Waals surface area contributed by atoms with E-state index in [0.717, 1.165) is 20.9 Å². The molecule has 0 saturated carbocycles. The molecule has 0 atom stereocenters. The molecule has 7 nitrogen and oxygen atoms in total. The lowest BCUT2D eigenvalue weighted by atomic mass is 10.2. The van der Waals surface area contributed by atoms with E-state index in [1.807, 2.05) is 31.2 Å². The van der Waals surface area contributed by atoms with E-state index in [-0.39, 0.29) is 11.5 Å². The molecule has 0 radical (unpaired) electrons. The maximum absolute atomic E-state index is 11.8. The van der Waals surface area contributed by atoms with Crippen molar-refractivity contribution in [2.75, 3.05) is 7.11 Å². The molecule has 0 bridgehead atoms. The number of halogens is 2. The number of carboxylic acids is 1. The average Bonchev–Trinajstić information content (AvgIpc) is 3.21. The van der Waals surface area contributed by atoms with Crippen LogP contribution in [0.5, 0.6) is 11.5 Å². The summed E-state index contributed by atoms with van der Waals surface area (Å²) in [5.74, 6) is 0.682. The Labute approximate surface area is 202 Å². The van der Waals surface area contributed by atoms with E-state index in [2.05, 4.69) is 37.8 Å². The van der Waals surface area contributed by atoms with E-state index in [0.29, 0.717) is 39.5 Å². The van der Waals surface area contributed by atoms with Crippen molar-refractivity contribution < 1.29 is 19.4 Å². The molecular weight excluding hydrogens is 553 g/mol. The molecule has 3 aromatic rings. The maximum atomic E-state index is 11.8. The van der Waals surface area contributed by atoms with Crippen molar-refractivity contribution in [2.45, 2.75) is 25.1 Å². The molecule has 0 saturated heterocycles. The number of aromatic amines is 1. The third-order valence-electron chi connectivity index (χ3n) is 4.14. The lowest BCUT2D eigenvalue weighted by molar-refractivity contribution is -0.131. The molecule has 1 aromatic heterocycles. The highest BCUT2D eigenvalue weighted by Gasteiger charge is 2.16. The molecular formula is C21H19ClIN3O4S. The van der Waals surface area contributed by atoms with Crippen LogP contribution in [0.4, 0.5) is 0 Å². The van der Waals surface area contributed by atoms with Crippen LogP contribution < -0.4 is 9.47 Å². The number of aliphatic carboxylic acids is 1. The van der Waals surface area contributed by atoms with Gasteiger partial charge in [-0.05, 0) is 64.2 Å².